The van der Waals surface area contributed by atoms with Crippen molar-refractivity contribution in [1.82, 2.24) is 14.9 Å². The maximum atomic E-state index is 12.8. The topological polar surface area (TPSA) is 69.6 Å². The monoisotopic (exact) mass is 407 g/mol. The molecule has 0 aliphatic carbocycles. The second-order valence-corrected chi connectivity index (χ2v) is 8.49. The van der Waals surface area contributed by atoms with Gasteiger partial charge in [-0.15, -0.1) is 0 Å². The molecule has 3 heterocycles. The van der Waals surface area contributed by atoms with Gasteiger partial charge in [0.05, 0.1) is 6.42 Å². The zero-order valence-corrected chi connectivity index (χ0v) is 18.2. The van der Waals surface area contributed by atoms with Crippen LogP contribution < -0.4 is 9.80 Å². The zero-order chi connectivity index (χ0) is 21.4. The number of benzene rings is 1. The molecule has 1 fully saturated rings. The van der Waals surface area contributed by atoms with Gasteiger partial charge in [0.25, 0.3) is 0 Å². The molecule has 2 aliphatic heterocycles. The molecule has 4 rings (SSSR count). The van der Waals surface area contributed by atoms with E-state index in [4.69, 9.17) is 9.97 Å². The number of aryl methyl sites for hydroxylation is 1. The summed E-state index contributed by atoms with van der Waals surface area (Å²) < 4.78 is 0. The summed E-state index contributed by atoms with van der Waals surface area (Å²) in [5.41, 5.74) is 4.15. The summed E-state index contributed by atoms with van der Waals surface area (Å²) >= 11 is 0. The molecule has 1 saturated heterocycles. The standard InChI is InChI=1S/C23H29N5O2/c1-15-19-9-10-20(29)27(4)23(19)25-22(24-15)17-11-12-28(14-17)21(30)13-16-5-7-18(8-6-16)26(2)3/h5-8,17H,9-14H2,1-4H3. The molecule has 1 atom stereocenters. The number of likely N-dealkylation sites (tertiary alicyclic amines) is 1. The van der Waals surface area contributed by atoms with E-state index in [0.29, 0.717) is 32.4 Å². The largest absolute Gasteiger partial charge is 0.378 e. The molecule has 2 amide bonds. The first-order chi connectivity index (χ1) is 14.3. The van der Waals surface area contributed by atoms with Crippen molar-refractivity contribution >= 4 is 23.3 Å². The van der Waals surface area contributed by atoms with Crippen molar-refractivity contribution < 1.29 is 9.59 Å². The van der Waals surface area contributed by atoms with Gasteiger partial charge in [-0.05, 0) is 37.5 Å². The van der Waals surface area contributed by atoms with Crippen LogP contribution in [0, 0.1) is 6.92 Å². The quantitative estimate of drug-likeness (QED) is 0.778. The molecule has 7 nitrogen and oxygen atoms in total. The third-order valence-corrected chi connectivity index (χ3v) is 6.20. The third kappa shape index (κ3) is 3.88. The second kappa shape index (κ2) is 8.05. The maximum Gasteiger partial charge on any atom is 0.228 e. The molecular formula is C23H29N5O2. The van der Waals surface area contributed by atoms with Crippen molar-refractivity contribution in [2.24, 2.45) is 0 Å². The van der Waals surface area contributed by atoms with Gasteiger partial charge >= 0.3 is 0 Å². The van der Waals surface area contributed by atoms with Crippen LogP contribution in [-0.4, -0.2) is 60.9 Å². The van der Waals surface area contributed by atoms with Crippen molar-refractivity contribution in [2.45, 2.75) is 38.5 Å². The molecule has 2 aliphatic rings. The van der Waals surface area contributed by atoms with Gasteiger partial charge in [-0.25, -0.2) is 9.97 Å². The first-order valence-electron chi connectivity index (χ1n) is 10.5. The Morgan fingerprint density at radius 2 is 1.90 bits per heavy atom. The molecule has 0 N–H and O–H groups in total. The number of amides is 2. The van der Waals surface area contributed by atoms with E-state index in [1.165, 1.54) is 0 Å². The summed E-state index contributed by atoms with van der Waals surface area (Å²) in [7, 11) is 5.79. The van der Waals surface area contributed by atoms with Crippen LogP contribution in [0.5, 0.6) is 0 Å². The van der Waals surface area contributed by atoms with Crippen LogP contribution >= 0.6 is 0 Å². The Morgan fingerprint density at radius 1 is 1.17 bits per heavy atom. The predicted octanol–water partition coefficient (Wildman–Crippen LogP) is 2.32. The maximum absolute atomic E-state index is 12.8. The van der Waals surface area contributed by atoms with Crippen LogP contribution in [0.2, 0.25) is 0 Å². The fraction of sp³-hybridized carbons (Fsp3) is 0.478. The summed E-state index contributed by atoms with van der Waals surface area (Å²) in [6, 6.07) is 8.11. The van der Waals surface area contributed by atoms with E-state index in [-0.39, 0.29) is 17.7 Å². The summed E-state index contributed by atoms with van der Waals surface area (Å²) in [5.74, 6) is 1.82. The minimum absolute atomic E-state index is 0.0926. The number of fused-ring (bicyclic) bond motifs is 1. The van der Waals surface area contributed by atoms with E-state index in [0.717, 1.165) is 40.6 Å². The van der Waals surface area contributed by atoms with Gasteiger partial charge in [-0.1, -0.05) is 12.1 Å². The van der Waals surface area contributed by atoms with Crippen molar-refractivity contribution in [1.29, 1.82) is 0 Å². The number of anilines is 2. The molecule has 2 aromatic rings. The lowest BCUT2D eigenvalue weighted by Crippen LogP contribution is -2.33. The summed E-state index contributed by atoms with van der Waals surface area (Å²) in [4.78, 5) is 40.0. The number of hydrogen-bond donors (Lipinski definition) is 0. The van der Waals surface area contributed by atoms with Crippen LogP contribution in [0.3, 0.4) is 0 Å². The average Bonchev–Trinajstić information content (AvgIpc) is 3.22. The normalized spacial score (nSPS) is 18.5. The van der Waals surface area contributed by atoms with E-state index in [1.54, 1.807) is 11.9 Å². The van der Waals surface area contributed by atoms with E-state index in [1.807, 2.05) is 55.1 Å². The highest BCUT2D eigenvalue weighted by Crippen LogP contribution is 2.31. The van der Waals surface area contributed by atoms with E-state index in [9.17, 15) is 9.59 Å². The smallest absolute Gasteiger partial charge is 0.228 e. The predicted molar refractivity (Wildman–Crippen MR) is 117 cm³/mol. The lowest BCUT2D eigenvalue weighted by Gasteiger charge is -2.26. The van der Waals surface area contributed by atoms with E-state index in [2.05, 4.69) is 0 Å². The molecular weight excluding hydrogens is 378 g/mol. The molecule has 7 heteroatoms. The van der Waals surface area contributed by atoms with Gasteiger partial charge in [0, 0.05) is 63.5 Å². The average molecular weight is 408 g/mol. The highest BCUT2D eigenvalue weighted by atomic mass is 16.2. The third-order valence-electron chi connectivity index (χ3n) is 6.20. The van der Waals surface area contributed by atoms with Gasteiger partial charge in [-0.2, -0.15) is 0 Å². The van der Waals surface area contributed by atoms with Crippen LogP contribution in [0.1, 0.15) is 41.4 Å². The van der Waals surface area contributed by atoms with Crippen molar-refractivity contribution in [3.05, 3.63) is 46.9 Å². The fourth-order valence-corrected chi connectivity index (χ4v) is 4.27. The lowest BCUT2D eigenvalue weighted by molar-refractivity contribution is -0.129. The molecule has 1 aromatic carbocycles. The van der Waals surface area contributed by atoms with E-state index >= 15 is 0 Å². The highest BCUT2D eigenvalue weighted by molar-refractivity contribution is 5.94. The molecule has 30 heavy (non-hydrogen) atoms. The first kappa shape index (κ1) is 20.3. The fourth-order valence-electron chi connectivity index (χ4n) is 4.27. The molecule has 158 valence electrons. The SMILES string of the molecule is Cc1nc(C2CCN(C(=O)Cc3ccc(N(C)C)cc3)C2)nc2c1CCC(=O)N2C. The Kier molecular flexibility index (Phi) is 5.45. The lowest BCUT2D eigenvalue weighted by atomic mass is 10.0. The molecule has 0 saturated carbocycles. The second-order valence-electron chi connectivity index (χ2n) is 8.49. The van der Waals surface area contributed by atoms with Crippen molar-refractivity contribution in [3.8, 4) is 0 Å². The van der Waals surface area contributed by atoms with Gasteiger partial charge in [0.2, 0.25) is 11.8 Å². The Hall–Kier alpha value is -2.96. The molecule has 1 aromatic heterocycles. The number of nitrogens with zero attached hydrogens (tertiary/aromatic N) is 5. The van der Waals surface area contributed by atoms with E-state index < -0.39 is 0 Å². The highest BCUT2D eigenvalue weighted by Gasteiger charge is 2.32. The number of hydrogen-bond acceptors (Lipinski definition) is 5. The summed E-state index contributed by atoms with van der Waals surface area (Å²) in [6.45, 7) is 3.33. The Morgan fingerprint density at radius 3 is 2.60 bits per heavy atom. The van der Waals surface area contributed by atoms with Crippen LogP contribution in [0.4, 0.5) is 11.5 Å². The number of carbonyl (C=O) groups is 2. The summed E-state index contributed by atoms with van der Waals surface area (Å²) in [5, 5.41) is 0. The Labute approximate surface area is 177 Å². The summed E-state index contributed by atoms with van der Waals surface area (Å²) in [6.07, 6.45) is 2.46. The molecule has 1 unspecified atom stereocenters. The molecule has 0 spiro atoms. The van der Waals surface area contributed by atoms with Crippen LogP contribution in [-0.2, 0) is 22.4 Å². The van der Waals surface area contributed by atoms with Gasteiger partial charge in [0.15, 0.2) is 0 Å². The van der Waals surface area contributed by atoms with Gasteiger partial charge in [0.1, 0.15) is 11.6 Å². The minimum Gasteiger partial charge on any atom is -0.378 e. The van der Waals surface area contributed by atoms with Crippen molar-refractivity contribution in [3.63, 3.8) is 0 Å². The zero-order valence-electron chi connectivity index (χ0n) is 18.2. The number of aromatic nitrogens is 2. The number of rotatable bonds is 4. The molecule has 0 bridgehead atoms. The van der Waals surface area contributed by atoms with Gasteiger partial charge < -0.3 is 9.80 Å². The van der Waals surface area contributed by atoms with Gasteiger partial charge in [-0.3, -0.25) is 14.5 Å². The van der Waals surface area contributed by atoms with Crippen LogP contribution in [0.25, 0.3) is 0 Å². The molecule has 0 radical (unpaired) electrons. The van der Waals surface area contributed by atoms with Crippen LogP contribution in [0.15, 0.2) is 24.3 Å². The Balaban J connectivity index is 1.45. The number of carbonyl (C=O) groups excluding carboxylic acids is 2. The Bertz CT molecular complexity index is 970. The minimum atomic E-state index is 0.0926. The van der Waals surface area contributed by atoms with Crippen molar-refractivity contribution in [2.75, 3.05) is 44.0 Å². The first-order valence-corrected chi connectivity index (χ1v) is 10.5.